The van der Waals surface area contributed by atoms with Crippen LogP contribution in [0.3, 0.4) is 0 Å². The molecule has 0 bridgehead atoms. The number of rotatable bonds is 6. The molecule has 2 amide bonds. The van der Waals surface area contributed by atoms with Gasteiger partial charge in [-0.2, -0.15) is 0 Å². The smallest absolute Gasteiger partial charge is 0.315 e. The van der Waals surface area contributed by atoms with Gasteiger partial charge in [0.25, 0.3) is 0 Å². The van der Waals surface area contributed by atoms with Gasteiger partial charge in [0.05, 0.1) is 25.0 Å². The fraction of sp³-hybridized carbons (Fsp3) is 0.643. The standard InChI is InChI=1S/C14H22N2O4/c1-2-10(12-5-3-7-19-12)16-14(18)15-9-11(17)13-6-4-8-20-13/h4,6,8,10-12,17H,2-3,5,7,9H2,1H3,(H2,15,16,18). The van der Waals surface area contributed by atoms with E-state index in [-0.39, 0.29) is 24.7 Å². The number of furan rings is 1. The van der Waals surface area contributed by atoms with Gasteiger partial charge in [-0.05, 0) is 31.4 Å². The van der Waals surface area contributed by atoms with Crippen LogP contribution in [-0.2, 0) is 4.74 Å². The molecule has 1 aliphatic rings. The zero-order valence-electron chi connectivity index (χ0n) is 11.7. The number of carbonyl (C=O) groups is 1. The molecule has 3 atom stereocenters. The number of amides is 2. The minimum absolute atomic E-state index is 0.0123. The Morgan fingerprint density at radius 1 is 1.60 bits per heavy atom. The third-order valence-corrected chi connectivity index (χ3v) is 3.50. The van der Waals surface area contributed by atoms with Crippen LogP contribution in [0.2, 0.25) is 0 Å². The molecule has 1 fully saturated rings. The Bertz CT molecular complexity index is 401. The molecule has 0 spiro atoms. The summed E-state index contributed by atoms with van der Waals surface area (Å²) in [6.07, 6.45) is 3.59. The molecule has 1 aliphatic heterocycles. The summed E-state index contributed by atoms with van der Waals surface area (Å²) in [4.78, 5) is 11.8. The van der Waals surface area contributed by atoms with Crippen LogP contribution in [0.25, 0.3) is 0 Å². The van der Waals surface area contributed by atoms with Gasteiger partial charge in [0.2, 0.25) is 0 Å². The number of aliphatic hydroxyl groups is 1. The topological polar surface area (TPSA) is 83.7 Å². The van der Waals surface area contributed by atoms with Crippen LogP contribution in [-0.4, -0.2) is 36.4 Å². The zero-order chi connectivity index (χ0) is 14.4. The van der Waals surface area contributed by atoms with Crippen LogP contribution in [0.4, 0.5) is 4.79 Å². The summed E-state index contributed by atoms with van der Waals surface area (Å²) in [7, 11) is 0. The van der Waals surface area contributed by atoms with Gasteiger partial charge >= 0.3 is 6.03 Å². The Balaban J connectivity index is 1.73. The predicted molar refractivity (Wildman–Crippen MR) is 73.3 cm³/mol. The van der Waals surface area contributed by atoms with E-state index in [0.717, 1.165) is 25.9 Å². The predicted octanol–water partition coefficient (Wildman–Crippen LogP) is 1.57. The first kappa shape index (κ1) is 14.9. The monoisotopic (exact) mass is 282 g/mol. The Morgan fingerprint density at radius 2 is 2.45 bits per heavy atom. The lowest BCUT2D eigenvalue weighted by atomic mass is 10.1. The second kappa shape index (κ2) is 7.31. The van der Waals surface area contributed by atoms with Gasteiger partial charge in [0, 0.05) is 6.61 Å². The average molecular weight is 282 g/mol. The minimum atomic E-state index is -0.835. The molecule has 2 rings (SSSR count). The molecule has 112 valence electrons. The van der Waals surface area contributed by atoms with E-state index in [9.17, 15) is 9.90 Å². The van der Waals surface area contributed by atoms with Crippen molar-refractivity contribution in [2.45, 2.75) is 44.4 Å². The van der Waals surface area contributed by atoms with Crippen molar-refractivity contribution in [3.05, 3.63) is 24.2 Å². The van der Waals surface area contributed by atoms with Crippen molar-refractivity contribution in [3.8, 4) is 0 Å². The minimum Gasteiger partial charge on any atom is -0.467 e. The third-order valence-electron chi connectivity index (χ3n) is 3.50. The first-order valence-electron chi connectivity index (χ1n) is 7.08. The molecule has 20 heavy (non-hydrogen) atoms. The summed E-state index contributed by atoms with van der Waals surface area (Å²) in [5.74, 6) is 0.441. The van der Waals surface area contributed by atoms with Crippen molar-refractivity contribution >= 4 is 6.03 Å². The maximum absolute atomic E-state index is 11.8. The normalized spacial score (nSPS) is 21.4. The highest BCUT2D eigenvalue weighted by Gasteiger charge is 2.26. The molecule has 1 saturated heterocycles. The van der Waals surface area contributed by atoms with Crippen LogP contribution < -0.4 is 10.6 Å². The molecule has 6 nitrogen and oxygen atoms in total. The summed E-state index contributed by atoms with van der Waals surface area (Å²) in [5.41, 5.74) is 0. The summed E-state index contributed by atoms with van der Waals surface area (Å²) >= 11 is 0. The van der Waals surface area contributed by atoms with Crippen LogP contribution in [0.5, 0.6) is 0 Å². The molecule has 0 saturated carbocycles. The lowest BCUT2D eigenvalue weighted by Gasteiger charge is -2.23. The number of hydrogen-bond acceptors (Lipinski definition) is 4. The van der Waals surface area contributed by atoms with E-state index < -0.39 is 6.10 Å². The Kier molecular flexibility index (Phi) is 5.43. The van der Waals surface area contributed by atoms with Gasteiger partial charge in [-0.15, -0.1) is 0 Å². The van der Waals surface area contributed by atoms with Crippen molar-refractivity contribution < 1.29 is 19.1 Å². The van der Waals surface area contributed by atoms with E-state index in [0.29, 0.717) is 5.76 Å². The molecule has 3 unspecified atom stereocenters. The van der Waals surface area contributed by atoms with E-state index in [2.05, 4.69) is 10.6 Å². The third kappa shape index (κ3) is 3.98. The van der Waals surface area contributed by atoms with Crippen molar-refractivity contribution in [2.75, 3.05) is 13.2 Å². The zero-order valence-corrected chi connectivity index (χ0v) is 11.7. The number of aliphatic hydroxyl groups excluding tert-OH is 1. The first-order chi connectivity index (χ1) is 9.70. The van der Waals surface area contributed by atoms with Crippen molar-refractivity contribution in [1.82, 2.24) is 10.6 Å². The second-order valence-corrected chi connectivity index (χ2v) is 4.95. The average Bonchev–Trinajstić information content (AvgIpc) is 3.14. The summed E-state index contributed by atoms with van der Waals surface area (Å²) < 4.78 is 10.7. The molecule has 0 aliphatic carbocycles. The molecule has 0 aromatic carbocycles. The highest BCUT2D eigenvalue weighted by Crippen LogP contribution is 2.17. The lowest BCUT2D eigenvalue weighted by Crippen LogP contribution is -2.48. The highest BCUT2D eigenvalue weighted by atomic mass is 16.5. The number of ether oxygens (including phenoxy) is 1. The number of carbonyl (C=O) groups excluding carboxylic acids is 1. The molecule has 1 aromatic rings. The van der Waals surface area contributed by atoms with Gasteiger partial charge < -0.3 is 24.9 Å². The maximum Gasteiger partial charge on any atom is 0.315 e. The Labute approximate surface area is 118 Å². The van der Waals surface area contributed by atoms with Crippen LogP contribution in [0.1, 0.15) is 38.1 Å². The number of hydrogen-bond donors (Lipinski definition) is 3. The van der Waals surface area contributed by atoms with Crippen LogP contribution >= 0.6 is 0 Å². The summed E-state index contributed by atoms with van der Waals surface area (Å²) in [6, 6.07) is 3.09. The lowest BCUT2D eigenvalue weighted by molar-refractivity contribution is 0.0791. The van der Waals surface area contributed by atoms with Gasteiger partial charge in [-0.1, -0.05) is 6.92 Å². The molecular formula is C14H22N2O4. The molecule has 0 radical (unpaired) electrons. The van der Waals surface area contributed by atoms with Gasteiger partial charge in [-0.3, -0.25) is 0 Å². The Hall–Kier alpha value is -1.53. The summed E-state index contributed by atoms with van der Waals surface area (Å²) in [5, 5.41) is 15.3. The van der Waals surface area contributed by atoms with E-state index in [1.165, 1.54) is 6.26 Å². The molecule has 2 heterocycles. The quantitative estimate of drug-likeness (QED) is 0.739. The van der Waals surface area contributed by atoms with Gasteiger partial charge in [-0.25, -0.2) is 4.79 Å². The van der Waals surface area contributed by atoms with Crippen LogP contribution in [0, 0.1) is 0 Å². The molecule has 3 N–H and O–H groups in total. The van der Waals surface area contributed by atoms with E-state index in [1.54, 1.807) is 12.1 Å². The van der Waals surface area contributed by atoms with Crippen LogP contribution in [0.15, 0.2) is 22.8 Å². The van der Waals surface area contributed by atoms with Crippen molar-refractivity contribution in [3.63, 3.8) is 0 Å². The summed E-state index contributed by atoms with van der Waals surface area (Å²) in [6.45, 7) is 2.90. The molecule has 1 aromatic heterocycles. The fourth-order valence-corrected chi connectivity index (χ4v) is 2.37. The fourth-order valence-electron chi connectivity index (χ4n) is 2.37. The first-order valence-corrected chi connectivity index (χ1v) is 7.08. The molecular weight excluding hydrogens is 260 g/mol. The molecule has 6 heteroatoms. The van der Waals surface area contributed by atoms with Gasteiger partial charge in [0.1, 0.15) is 11.9 Å². The second-order valence-electron chi connectivity index (χ2n) is 4.95. The van der Waals surface area contributed by atoms with E-state index in [1.807, 2.05) is 6.92 Å². The van der Waals surface area contributed by atoms with E-state index in [4.69, 9.17) is 9.15 Å². The number of nitrogens with one attached hydrogen (secondary N) is 2. The number of urea groups is 1. The van der Waals surface area contributed by atoms with E-state index >= 15 is 0 Å². The van der Waals surface area contributed by atoms with Crippen molar-refractivity contribution in [1.29, 1.82) is 0 Å². The SMILES string of the molecule is CCC(NC(=O)NCC(O)c1ccco1)C1CCCO1. The van der Waals surface area contributed by atoms with Crippen molar-refractivity contribution in [2.24, 2.45) is 0 Å². The maximum atomic E-state index is 11.8. The van der Waals surface area contributed by atoms with Gasteiger partial charge in [0.15, 0.2) is 0 Å². The highest BCUT2D eigenvalue weighted by molar-refractivity contribution is 5.74. The Morgan fingerprint density at radius 3 is 3.05 bits per heavy atom. The largest absolute Gasteiger partial charge is 0.467 e.